The van der Waals surface area contributed by atoms with Crippen molar-refractivity contribution in [2.45, 2.75) is 76.3 Å². The zero-order valence-electron chi connectivity index (χ0n) is 13.6. The molecule has 0 aromatic heterocycles. The Morgan fingerprint density at radius 2 is 1.78 bits per heavy atom. The molecule has 3 amide bonds. The third kappa shape index (κ3) is 4.08. The fourth-order valence-corrected chi connectivity index (χ4v) is 4.95. The molecule has 23 heavy (non-hydrogen) atoms. The first-order valence-corrected chi connectivity index (χ1v) is 9.92. The molecule has 5 nitrogen and oxygen atoms in total. The fourth-order valence-electron chi connectivity index (χ4n) is 4.19. The maximum absolute atomic E-state index is 12.3. The number of rotatable bonds is 5. The Labute approximate surface area is 141 Å². The number of carbonyl (C=O) groups is 3. The number of amides is 3. The van der Waals surface area contributed by atoms with E-state index in [1.54, 1.807) is 0 Å². The van der Waals surface area contributed by atoms with Gasteiger partial charge in [-0.25, -0.2) is 0 Å². The number of thioether (sulfide) groups is 1. The van der Waals surface area contributed by atoms with Gasteiger partial charge in [0.15, 0.2) is 0 Å². The minimum absolute atomic E-state index is 0.0635. The summed E-state index contributed by atoms with van der Waals surface area (Å²) in [6.45, 7) is 0. The number of hydrogen-bond donors (Lipinski definition) is 1. The average Bonchev–Trinajstić information content (AvgIpc) is 3.17. The molecule has 2 atom stereocenters. The molecule has 0 aromatic carbocycles. The van der Waals surface area contributed by atoms with Crippen LogP contribution in [-0.2, 0) is 9.59 Å². The molecule has 0 radical (unpaired) electrons. The van der Waals surface area contributed by atoms with Crippen LogP contribution in [0.25, 0.3) is 0 Å². The lowest BCUT2D eigenvalue weighted by Gasteiger charge is -2.36. The van der Waals surface area contributed by atoms with Gasteiger partial charge in [-0.1, -0.05) is 50.3 Å². The summed E-state index contributed by atoms with van der Waals surface area (Å²) in [6.07, 6.45) is 10.4. The van der Waals surface area contributed by atoms with Gasteiger partial charge in [0.05, 0.1) is 11.8 Å². The van der Waals surface area contributed by atoms with Crippen molar-refractivity contribution in [1.29, 1.82) is 0 Å². The van der Waals surface area contributed by atoms with Crippen molar-refractivity contribution < 1.29 is 14.4 Å². The van der Waals surface area contributed by atoms with Gasteiger partial charge in [0.1, 0.15) is 0 Å². The summed E-state index contributed by atoms with van der Waals surface area (Å²) < 4.78 is 0. The normalized spacial score (nSPS) is 29.3. The third-order valence-electron chi connectivity index (χ3n) is 5.45. The first kappa shape index (κ1) is 16.8. The van der Waals surface area contributed by atoms with Crippen LogP contribution < -0.4 is 5.32 Å². The smallest absolute Gasteiger partial charge is 0.289 e. The number of hydrogen-bond acceptors (Lipinski definition) is 4. The van der Waals surface area contributed by atoms with E-state index in [2.05, 4.69) is 5.32 Å². The van der Waals surface area contributed by atoms with Crippen LogP contribution in [0.3, 0.4) is 0 Å². The second kappa shape index (κ2) is 7.69. The summed E-state index contributed by atoms with van der Waals surface area (Å²) in [7, 11) is 0. The SMILES string of the molecule is O=C(CCC1CCCC1)NC1CCCCC1N1C(=O)CSC1=O. The average molecular weight is 338 g/mol. The number of carbonyl (C=O) groups excluding carboxylic acids is 3. The third-order valence-corrected chi connectivity index (χ3v) is 6.28. The van der Waals surface area contributed by atoms with Crippen molar-refractivity contribution in [2.75, 3.05) is 5.75 Å². The summed E-state index contributed by atoms with van der Waals surface area (Å²) >= 11 is 1.08. The molecule has 1 heterocycles. The molecule has 3 aliphatic rings. The van der Waals surface area contributed by atoms with Gasteiger partial charge >= 0.3 is 0 Å². The predicted octanol–water partition coefficient (Wildman–Crippen LogP) is 3.08. The lowest BCUT2D eigenvalue weighted by molar-refractivity contribution is -0.129. The molecular formula is C17H26N2O3S. The highest BCUT2D eigenvalue weighted by atomic mass is 32.2. The second-order valence-electron chi connectivity index (χ2n) is 7.03. The summed E-state index contributed by atoms with van der Waals surface area (Å²) in [5.74, 6) is 0.941. The highest BCUT2D eigenvalue weighted by Crippen LogP contribution is 2.31. The standard InChI is InChI=1S/C17H26N2O3S/c20-15(10-9-12-5-1-2-6-12)18-13-7-3-4-8-14(13)19-16(21)11-23-17(19)22/h12-14H,1-11H2,(H,18,20). The molecule has 128 valence electrons. The minimum atomic E-state index is -0.146. The van der Waals surface area contributed by atoms with E-state index < -0.39 is 0 Å². The van der Waals surface area contributed by atoms with E-state index in [0.29, 0.717) is 12.3 Å². The molecule has 0 spiro atoms. The Bertz CT molecular complexity index is 460. The monoisotopic (exact) mass is 338 g/mol. The van der Waals surface area contributed by atoms with Crippen molar-refractivity contribution in [1.82, 2.24) is 10.2 Å². The second-order valence-corrected chi connectivity index (χ2v) is 7.96. The van der Waals surface area contributed by atoms with Crippen LogP contribution in [0, 0.1) is 5.92 Å². The van der Waals surface area contributed by atoms with E-state index in [1.165, 1.54) is 30.6 Å². The van der Waals surface area contributed by atoms with Crippen LogP contribution in [0.15, 0.2) is 0 Å². The molecule has 3 fully saturated rings. The van der Waals surface area contributed by atoms with Crippen molar-refractivity contribution in [3.05, 3.63) is 0 Å². The molecule has 1 aliphatic heterocycles. The molecular weight excluding hydrogens is 312 g/mol. The van der Waals surface area contributed by atoms with Crippen LogP contribution >= 0.6 is 11.8 Å². The van der Waals surface area contributed by atoms with Gasteiger partial charge in [-0.2, -0.15) is 0 Å². The fraction of sp³-hybridized carbons (Fsp3) is 0.824. The predicted molar refractivity (Wildman–Crippen MR) is 90.1 cm³/mol. The Morgan fingerprint density at radius 3 is 2.48 bits per heavy atom. The molecule has 2 saturated carbocycles. The molecule has 1 saturated heterocycles. The van der Waals surface area contributed by atoms with Crippen molar-refractivity contribution in [3.63, 3.8) is 0 Å². The van der Waals surface area contributed by atoms with E-state index in [4.69, 9.17) is 0 Å². The van der Waals surface area contributed by atoms with Crippen LogP contribution in [-0.4, -0.2) is 39.8 Å². The largest absolute Gasteiger partial charge is 0.351 e. The van der Waals surface area contributed by atoms with Gasteiger partial charge < -0.3 is 5.32 Å². The summed E-state index contributed by atoms with van der Waals surface area (Å²) in [5, 5.41) is 2.97. The van der Waals surface area contributed by atoms with Crippen LogP contribution in [0.2, 0.25) is 0 Å². The van der Waals surface area contributed by atoms with Gasteiger partial charge in [0.2, 0.25) is 11.8 Å². The first-order valence-electron chi connectivity index (χ1n) is 8.93. The number of nitrogens with one attached hydrogen (secondary N) is 1. The van der Waals surface area contributed by atoms with Crippen molar-refractivity contribution in [3.8, 4) is 0 Å². The number of imide groups is 1. The Morgan fingerprint density at radius 1 is 1.09 bits per heavy atom. The van der Waals surface area contributed by atoms with Gasteiger partial charge in [0, 0.05) is 12.5 Å². The molecule has 6 heteroatoms. The topological polar surface area (TPSA) is 66.5 Å². The van der Waals surface area contributed by atoms with Crippen molar-refractivity contribution in [2.24, 2.45) is 5.92 Å². The molecule has 2 aliphatic carbocycles. The summed E-state index contributed by atoms with van der Waals surface area (Å²) in [6, 6.07) is -0.208. The molecule has 1 N–H and O–H groups in total. The maximum atomic E-state index is 12.3. The highest BCUT2D eigenvalue weighted by molar-refractivity contribution is 8.14. The number of nitrogens with zero attached hydrogens (tertiary/aromatic N) is 1. The lowest BCUT2D eigenvalue weighted by Crippen LogP contribution is -2.54. The highest BCUT2D eigenvalue weighted by Gasteiger charge is 2.41. The minimum Gasteiger partial charge on any atom is -0.351 e. The zero-order chi connectivity index (χ0) is 16.2. The quantitative estimate of drug-likeness (QED) is 0.836. The first-order chi connectivity index (χ1) is 11.1. The van der Waals surface area contributed by atoms with E-state index in [0.717, 1.165) is 43.9 Å². The summed E-state index contributed by atoms with van der Waals surface area (Å²) in [4.78, 5) is 37.7. The Hall–Kier alpha value is -1.04. The van der Waals surface area contributed by atoms with Crippen LogP contribution in [0.4, 0.5) is 4.79 Å². The lowest BCUT2D eigenvalue weighted by atomic mass is 9.89. The van der Waals surface area contributed by atoms with Gasteiger partial charge in [-0.15, -0.1) is 0 Å². The Balaban J connectivity index is 1.54. The molecule has 3 rings (SSSR count). The molecule has 0 bridgehead atoms. The maximum Gasteiger partial charge on any atom is 0.289 e. The van der Waals surface area contributed by atoms with E-state index in [9.17, 15) is 14.4 Å². The molecule has 0 aromatic rings. The van der Waals surface area contributed by atoms with Crippen LogP contribution in [0.5, 0.6) is 0 Å². The zero-order valence-corrected chi connectivity index (χ0v) is 14.4. The Kier molecular flexibility index (Phi) is 5.62. The van der Waals surface area contributed by atoms with Gasteiger partial charge in [0.25, 0.3) is 5.24 Å². The van der Waals surface area contributed by atoms with Gasteiger partial charge in [-0.3, -0.25) is 19.3 Å². The van der Waals surface area contributed by atoms with Crippen molar-refractivity contribution >= 4 is 28.8 Å². The van der Waals surface area contributed by atoms with E-state index in [1.807, 2.05) is 0 Å². The summed E-state index contributed by atoms with van der Waals surface area (Å²) in [5.41, 5.74) is 0. The van der Waals surface area contributed by atoms with Crippen LogP contribution in [0.1, 0.15) is 64.2 Å². The molecule has 2 unspecified atom stereocenters. The van der Waals surface area contributed by atoms with E-state index in [-0.39, 0.29) is 34.9 Å². The van der Waals surface area contributed by atoms with Gasteiger partial charge in [-0.05, 0) is 25.2 Å². The van der Waals surface area contributed by atoms with E-state index >= 15 is 0 Å².